The largest absolute Gasteiger partial charge is 0.349 e. The van der Waals surface area contributed by atoms with E-state index in [1.165, 1.54) is 30.3 Å². The Balaban J connectivity index is 1.55. The van der Waals surface area contributed by atoms with Gasteiger partial charge in [0.05, 0.1) is 23.6 Å². The second-order valence-corrected chi connectivity index (χ2v) is 9.44. The fourth-order valence-corrected chi connectivity index (χ4v) is 5.60. The van der Waals surface area contributed by atoms with E-state index in [0.717, 1.165) is 15.4 Å². The Morgan fingerprint density at radius 3 is 2.09 bits per heavy atom. The molecule has 2 amide bonds. The van der Waals surface area contributed by atoms with Gasteiger partial charge in [-0.3, -0.25) is 19.2 Å². The van der Waals surface area contributed by atoms with E-state index in [-0.39, 0.29) is 16.8 Å². The number of ketones is 2. The van der Waals surface area contributed by atoms with Crippen molar-refractivity contribution >= 4 is 45.0 Å². The Labute approximate surface area is 201 Å². The number of Topliss-reactive ketones (excluding diaryl/α,β-unsaturated/α-hetero) is 2. The number of carbonyl (C=O) groups excluding carboxylic acids is 4. The van der Waals surface area contributed by atoms with Crippen LogP contribution in [0, 0.1) is 17.7 Å². The highest BCUT2D eigenvalue weighted by molar-refractivity contribution is 9.10. The van der Waals surface area contributed by atoms with Crippen LogP contribution < -0.4 is 4.90 Å². The molecule has 6 rings (SSSR count). The summed E-state index contributed by atoms with van der Waals surface area (Å²) in [4.78, 5) is 55.6. The molecule has 2 fully saturated rings. The van der Waals surface area contributed by atoms with Crippen LogP contribution in [0.2, 0.25) is 0 Å². The molecule has 2 saturated heterocycles. The van der Waals surface area contributed by atoms with Crippen LogP contribution >= 0.6 is 15.9 Å². The summed E-state index contributed by atoms with van der Waals surface area (Å²) in [5, 5.41) is 0. The van der Waals surface area contributed by atoms with Crippen LogP contribution in [0.15, 0.2) is 77.3 Å². The fraction of sp³-hybridized carbons (Fsp3) is 0.154. The maximum atomic E-state index is 14.0. The number of anilines is 1. The summed E-state index contributed by atoms with van der Waals surface area (Å²) in [6.07, 6.45) is -1.02. The van der Waals surface area contributed by atoms with E-state index in [1.807, 2.05) is 0 Å². The third kappa shape index (κ3) is 2.63. The lowest BCUT2D eigenvalue weighted by atomic mass is 9.77. The number of nitrogens with zero attached hydrogens (tertiary/aromatic N) is 1. The van der Waals surface area contributed by atoms with Gasteiger partial charge in [-0.25, -0.2) is 9.29 Å². The van der Waals surface area contributed by atoms with Gasteiger partial charge in [-0.15, -0.1) is 0 Å². The molecule has 3 aromatic rings. The minimum absolute atomic E-state index is 0.0458. The predicted molar refractivity (Wildman–Crippen MR) is 122 cm³/mol. The molecular weight excluding hydrogens is 505 g/mol. The summed E-state index contributed by atoms with van der Waals surface area (Å²) in [7, 11) is 0. The molecular formula is C26H15BrFNO5. The summed E-state index contributed by atoms with van der Waals surface area (Å²) in [6.45, 7) is 0. The zero-order chi connectivity index (χ0) is 23.8. The number of hydrogen-bond donors (Lipinski definition) is 0. The van der Waals surface area contributed by atoms with Crippen LogP contribution in [0.3, 0.4) is 0 Å². The smallest absolute Gasteiger partial charge is 0.241 e. The number of ether oxygens (including phenoxy) is 1. The molecule has 0 aromatic heterocycles. The molecule has 3 aromatic carbocycles. The van der Waals surface area contributed by atoms with Crippen LogP contribution in [-0.2, 0) is 14.3 Å². The molecule has 3 unspecified atom stereocenters. The van der Waals surface area contributed by atoms with Crippen molar-refractivity contribution in [1.29, 1.82) is 0 Å². The lowest BCUT2D eigenvalue weighted by molar-refractivity contribution is -0.127. The highest BCUT2D eigenvalue weighted by Crippen LogP contribution is 2.57. The average Bonchev–Trinajstić information content (AvgIpc) is 3.40. The SMILES string of the molecule is O=C1C2C(c3ccc(Br)cc3)OC3(C(=O)c4ccccc4C3=O)C2C(=O)N1c1cccc(F)c1. The third-order valence-corrected chi connectivity index (χ3v) is 7.31. The molecule has 2 heterocycles. The third-order valence-electron chi connectivity index (χ3n) is 6.78. The summed E-state index contributed by atoms with van der Waals surface area (Å²) >= 11 is 3.36. The Hall–Kier alpha value is -3.49. The lowest BCUT2D eigenvalue weighted by Gasteiger charge is -2.27. The monoisotopic (exact) mass is 519 g/mol. The minimum Gasteiger partial charge on any atom is -0.349 e. The van der Waals surface area contributed by atoms with Gasteiger partial charge in [0.2, 0.25) is 29.0 Å². The number of hydrogen-bond acceptors (Lipinski definition) is 5. The molecule has 8 heteroatoms. The van der Waals surface area contributed by atoms with Gasteiger partial charge in [0.15, 0.2) is 0 Å². The minimum atomic E-state index is -2.15. The topological polar surface area (TPSA) is 80.8 Å². The van der Waals surface area contributed by atoms with Gasteiger partial charge in [0.1, 0.15) is 5.82 Å². The van der Waals surface area contributed by atoms with Crippen molar-refractivity contribution in [1.82, 2.24) is 0 Å². The maximum Gasteiger partial charge on any atom is 0.241 e. The molecule has 34 heavy (non-hydrogen) atoms. The predicted octanol–water partition coefficient (Wildman–Crippen LogP) is 4.28. The Bertz CT molecular complexity index is 1380. The summed E-state index contributed by atoms with van der Waals surface area (Å²) in [6, 6.07) is 18.3. The first-order valence-corrected chi connectivity index (χ1v) is 11.4. The van der Waals surface area contributed by atoms with E-state index in [9.17, 15) is 23.6 Å². The number of rotatable bonds is 2. The van der Waals surface area contributed by atoms with Crippen molar-refractivity contribution < 1.29 is 28.3 Å². The Morgan fingerprint density at radius 1 is 0.824 bits per heavy atom. The van der Waals surface area contributed by atoms with Gasteiger partial charge >= 0.3 is 0 Å². The van der Waals surface area contributed by atoms with E-state index in [1.54, 1.807) is 36.4 Å². The van der Waals surface area contributed by atoms with Crippen molar-refractivity contribution in [2.45, 2.75) is 11.7 Å². The van der Waals surface area contributed by atoms with Crippen molar-refractivity contribution in [3.05, 3.63) is 99.8 Å². The van der Waals surface area contributed by atoms with Crippen molar-refractivity contribution in [3.63, 3.8) is 0 Å². The van der Waals surface area contributed by atoms with Gasteiger partial charge in [-0.2, -0.15) is 0 Å². The maximum absolute atomic E-state index is 14.0. The first kappa shape index (κ1) is 21.1. The normalized spacial score (nSPS) is 24.8. The van der Waals surface area contributed by atoms with Crippen LogP contribution in [0.4, 0.5) is 10.1 Å². The molecule has 3 atom stereocenters. The van der Waals surface area contributed by atoms with E-state index < -0.39 is 52.7 Å². The van der Waals surface area contributed by atoms with Gasteiger partial charge in [0, 0.05) is 15.6 Å². The zero-order valence-corrected chi connectivity index (χ0v) is 19.0. The number of benzene rings is 3. The summed E-state index contributed by atoms with van der Waals surface area (Å²) in [5.74, 6) is -5.78. The summed E-state index contributed by atoms with van der Waals surface area (Å²) < 4.78 is 20.9. The molecule has 6 nitrogen and oxygen atoms in total. The molecule has 0 saturated carbocycles. The van der Waals surface area contributed by atoms with Crippen LogP contribution in [0.25, 0.3) is 0 Å². The standard InChI is InChI=1S/C26H15BrFNO5/c27-14-10-8-13(9-11-14)21-19-20(25(33)29(24(19)32)16-5-3-4-15(28)12-16)26(34-21)22(30)17-6-1-2-7-18(17)23(26)31/h1-12,19-21H. The number of amides is 2. The average molecular weight is 520 g/mol. The Morgan fingerprint density at radius 2 is 1.47 bits per heavy atom. The molecule has 2 aliphatic heterocycles. The van der Waals surface area contributed by atoms with E-state index in [0.29, 0.717) is 5.56 Å². The molecule has 0 N–H and O–H groups in total. The molecule has 3 aliphatic rings. The molecule has 1 aliphatic carbocycles. The van der Waals surface area contributed by atoms with E-state index >= 15 is 0 Å². The van der Waals surface area contributed by atoms with E-state index in [4.69, 9.17) is 4.74 Å². The Kier molecular flexibility index (Phi) is 4.49. The van der Waals surface area contributed by atoms with Crippen molar-refractivity contribution in [2.75, 3.05) is 4.90 Å². The zero-order valence-electron chi connectivity index (χ0n) is 17.4. The number of carbonyl (C=O) groups is 4. The number of halogens is 2. The van der Waals surface area contributed by atoms with E-state index in [2.05, 4.69) is 15.9 Å². The molecule has 1 spiro atoms. The van der Waals surface area contributed by atoms with Gasteiger partial charge < -0.3 is 4.74 Å². The van der Waals surface area contributed by atoms with Crippen molar-refractivity contribution in [2.24, 2.45) is 11.8 Å². The molecule has 0 bridgehead atoms. The second kappa shape index (κ2) is 7.25. The van der Waals surface area contributed by atoms with Crippen LogP contribution in [0.5, 0.6) is 0 Å². The number of imide groups is 1. The van der Waals surface area contributed by atoms with Crippen molar-refractivity contribution in [3.8, 4) is 0 Å². The first-order valence-electron chi connectivity index (χ1n) is 10.6. The van der Waals surface area contributed by atoms with Gasteiger partial charge in [0.25, 0.3) is 0 Å². The number of fused-ring (bicyclic) bond motifs is 3. The van der Waals surface area contributed by atoms with Gasteiger partial charge in [-0.1, -0.05) is 58.4 Å². The molecule has 0 radical (unpaired) electrons. The lowest BCUT2D eigenvalue weighted by Crippen LogP contribution is -2.51. The molecule has 168 valence electrons. The van der Waals surface area contributed by atoms with Crippen LogP contribution in [0.1, 0.15) is 32.4 Å². The fourth-order valence-electron chi connectivity index (χ4n) is 5.34. The summed E-state index contributed by atoms with van der Waals surface area (Å²) in [5.41, 5.74) is -1.24. The van der Waals surface area contributed by atoms with Crippen LogP contribution in [-0.4, -0.2) is 29.0 Å². The highest BCUT2D eigenvalue weighted by atomic mass is 79.9. The quantitative estimate of drug-likeness (QED) is 0.372. The highest BCUT2D eigenvalue weighted by Gasteiger charge is 2.74. The second-order valence-electron chi connectivity index (χ2n) is 8.52. The van der Waals surface area contributed by atoms with Gasteiger partial charge in [-0.05, 0) is 35.9 Å². The first-order chi connectivity index (χ1) is 16.3.